The Hall–Kier alpha value is 0.357. The summed E-state index contributed by atoms with van der Waals surface area (Å²) in [5, 5.41) is -0.00226. The molecule has 1 nitrogen and oxygen atoms in total. The van der Waals surface area contributed by atoms with E-state index in [2.05, 4.69) is 83.9 Å². The molecule has 96 valence electrons. The van der Waals surface area contributed by atoms with E-state index in [1.54, 1.807) is 0 Å². The van der Waals surface area contributed by atoms with Crippen LogP contribution in [0.2, 0.25) is 13.1 Å². The van der Waals surface area contributed by atoms with Gasteiger partial charge in [0.05, 0.1) is 0 Å². The summed E-state index contributed by atoms with van der Waals surface area (Å²) >= 11 is 7.23. The van der Waals surface area contributed by atoms with Crippen LogP contribution in [0, 0.1) is 0 Å². The first-order valence-electron chi connectivity index (χ1n) is 5.81. The maximum atomic E-state index is 5.87. The van der Waals surface area contributed by atoms with Crippen molar-refractivity contribution < 1.29 is 4.43 Å². The van der Waals surface area contributed by atoms with Gasteiger partial charge in [0.2, 0.25) is 0 Å². The molecule has 1 aromatic rings. The Bertz CT molecular complexity index is 385. The van der Waals surface area contributed by atoms with Gasteiger partial charge >= 0.3 is 0 Å². The molecule has 0 amide bonds. The maximum absolute atomic E-state index is 5.87. The van der Waals surface area contributed by atoms with Gasteiger partial charge in [-0.1, -0.05) is 64.8 Å². The van der Waals surface area contributed by atoms with Crippen molar-refractivity contribution in [1.82, 2.24) is 0 Å². The fourth-order valence-electron chi connectivity index (χ4n) is 1.49. The van der Waals surface area contributed by atoms with Crippen molar-refractivity contribution in [2.75, 3.05) is 0 Å². The molecule has 0 bridgehead atoms. The molecule has 0 aliphatic rings. The van der Waals surface area contributed by atoms with Crippen LogP contribution in [0.25, 0.3) is 0 Å². The third kappa shape index (κ3) is 4.50. The minimum atomic E-state index is -1.03. The van der Waals surface area contributed by atoms with Crippen molar-refractivity contribution in [3.63, 3.8) is 0 Å². The van der Waals surface area contributed by atoms with Crippen LogP contribution in [0.4, 0.5) is 0 Å². The molecule has 0 aromatic heterocycles. The van der Waals surface area contributed by atoms with Crippen LogP contribution in [-0.4, -0.2) is 9.04 Å². The Morgan fingerprint density at radius 1 is 1.24 bits per heavy atom. The molecule has 0 spiro atoms. The Morgan fingerprint density at radius 3 is 2.24 bits per heavy atom. The zero-order chi connectivity index (χ0) is 13.2. The molecule has 17 heavy (non-hydrogen) atoms. The van der Waals surface area contributed by atoms with Crippen molar-refractivity contribution in [1.29, 1.82) is 0 Å². The van der Waals surface area contributed by atoms with Gasteiger partial charge in [0.1, 0.15) is 5.01 Å². The normalized spacial score (nSPS) is 14.1. The molecule has 1 atom stereocenters. The van der Waals surface area contributed by atoms with Gasteiger partial charge in [-0.3, -0.25) is 0 Å². The lowest BCUT2D eigenvalue weighted by atomic mass is 9.87. The van der Waals surface area contributed by atoms with Gasteiger partial charge in [0, 0.05) is 10.0 Å². The lowest BCUT2D eigenvalue weighted by Crippen LogP contribution is -2.13. The molecule has 1 rings (SSSR count). The van der Waals surface area contributed by atoms with E-state index in [1.165, 1.54) is 11.1 Å². The summed E-state index contributed by atoms with van der Waals surface area (Å²) in [6, 6.07) is 6.51. The summed E-state index contributed by atoms with van der Waals surface area (Å²) in [6.45, 7) is 11.0. The van der Waals surface area contributed by atoms with E-state index in [-0.39, 0.29) is 10.4 Å². The second-order valence-electron chi connectivity index (χ2n) is 5.49. The lowest BCUT2D eigenvalue weighted by Gasteiger charge is -2.22. The van der Waals surface area contributed by atoms with Gasteiger partial charge in [-0.15, -0.1) is 0 Å². The predicted molar refractivity (Wildman–Crippen MR) is 84.5 cm³/mol. The van der Waals surface area contributed by atoms with Gasteiger partial charge in [0.25, 0.3) is 0 Å². The molecule has 1 unspecified atom stereocenters. The maximum Gasteiger partial charge on any atom is 0.172 e. The second kappa shape index (κ2) is 6.00. The highest BCUT2D eigenvalue weighted by Crippen LogP contribution is 2.34. The average molecular weight is 380 g/mol. The average Bonchev–Trinajstić information content (AvgIpc) is 2.14. The lowest BCUT2D eigenvalue weighted by molar-refractivity contribution is 0.309. The number of rotatable bonds is 3. The SMILES string of the molecule is C[SiH](C)OC(Br)c1ccc(C(C)(C)C)cc1Br. The highest BCUT2D eigenvalue weighted by Gasteiger charge is 2.18. The monoisotopic (exact) mass is 378 g/mol. The molecule has 0 saturated carbocycles. The van der Waals surface area contributed by atoms with Crippen LogP contribution < -0.4 is 0 Å². The Balaban J connectivity index is 2.98. The molecule has 0 aliphatic carbocycles. The van der Waals surface area contributed by atoms with Crippen LogP contribution in [0.5, 0.6) is 0 Å². The molecule has 0 fully saturated rings. The minimum Gasteiger partial charge on any atom is -0.404 e. The van der Waals surface area contributed by atoms with Crippen molar-refractivity contribution in [2.45, 2.75) is 44.3 Å². The molecular formula is C13H20Br2OSi. The largest absolute Gasteiger partial charge is 0.404 e. The highest BCUT2D eigenvalue weighted by molar-refractivity contribution is 9.11. The molecule has 4 heteroatoms. The van der Waals surface area contributed by atoms with E-state index in [0.29, 0.717) is 0 Å². The summed E-state index contributed by atoms with van der Waals surface area (Å²) in [5.74, 6) is 0. The molecule has 0 saturated heterocycles. The first kappa shape index (κ1) is 15.4. The molecule has 0 aliphatic heterocycles. The first-order chi connectivity index (χ1) is 7.71. The van der Waals surface area contributed by atoms with Crippen molar-refractivity contribution >= 4 is 40.9 Å². The summed E-state index contributed by atoms with van der Waals surface area (Å²) in [6.07, 6.45) is 0. The van der Waals surface area contributed by atoms with E-state index < -0.39 is 9.04 Å². The van der Waals surface area contributed by atoms with Gasteiger partial charge in [-0.2, -0.15) is 0 Å². The van der Waals surface area contributed by atoms with E-state index in [9.17, 15) is 0 Å². The molecule has 0 radical (unpaired) electrons. The predicted octanol–water partition coefficient (Wildman–Crippen LogP) is 5.14. The van der Waals surface area contributed by atoms with Crippen LogP contribution in [0.15, 0.2) is 22.7 Å². The number of alkyl halides is 1. The number of halogens is 2. The van der Waals surface area contributed by atoms with Crippen LogP contribution >= 0.6 is 31.9 Å². The molecule has 1 aromatic carbocycles. The highest BCUT2D eigenvalue weighted by atomic mass is 79.9. The summed E-state index contributed by atoms with van der Waals surface area (Å²) in [4.78, 5) is 0. The van der Waals surface area contributed by atoms with Gasteiger partial charge < -0.3 is 4.43 Å². The smallest absolute Gasteiger partial charge is 0.172 e. The Labute approximate surface area is 123 Å². The summed E-state index contributed by atoms with van der Waals surface area (Å²) in [7, 11) is -1.03. The Morgan fingerprint density at radius 2 is 1.82 bits per heavy atom. The minimum absolute atomic E-state index is 0.00226. The van der Waals surface area contributed by atoms with Gasteiger partial charge in [-0.25, -0.2) is 0 Å². The molecular weight excluding hydrogens is 360 g/mol. The standard InChI is InChI=1S/C13H20Br2OSi/c1-13(2,3)9-6-7-10(11(14)8-9)12(15)16-17(4)5/h6-8,12,17H,1-5H3. The van der Waals surface area contributed by atoms with Crippen molar-refractivity contribution in [3.8, 4) is 0 Å². The van der Waals surface area contributed by atoms with Crippen LogP contribution in [0.1, 0.15) is 36.9 Å². The zero-order valence-corrected chi connectivity index (χ0v) is 15.4. The Kier molecular flexibility index (Phi) is 5.44. The number of hydrogen-bond donors (Lipinski definition) is 0. The fraction of sp³-hybridized carbons (Fsp3) is 0.538. The van der Waals surface area contributed by atoms with Gasteiger partial charge in [-0.05, 0) is 30.1 Å². The summed E-state index contributed by atoms with van der Waals surface area (Å²) in [5.41, 5.74) is 2.67. The third-order valence-corrected chi connectivity index (χ3v) is 5.11. The topological polar surface area (TPSA) is 9.23 Å². The number of hydrogen-bond acceptors (Lipinski definition) is 1. The van der Waals surface area contributed by atoms with Gasteiger partial charge in [0.15, 0.2) is 9.04 Å². The van der Waals surface area contributed by atoms with Crippen LogP contribution in [0.3, 0.4) is 0 Å². The van der Waals surface area contributed by atoms with E-state index in [0.717, 1.165) is 4.47 Å². The second-order valence-corrected chi connectivity index (χ2v) is 9.54. The first-order valence-corrected chi connectivity index (χ1v) is 10.3. The summed E-state index contributed by atoms with van der Waals surface area (Å²) < 4.78 is 6.98. The van der Waals surface area contributed by atoms with Crippen molar-refractivity contribution in [3.05, 3.63) is 33.8 Å². The molecule has 0 N–H and O–H groups in total. The van der Waals surface area contributed by atoms with E-state index >= 15 is 0 Å². The van der Waals surface area contributed by atoms with E-state index in [1.807, 2.05) is 0 Å². The zero-order valence-electron chi connectivity index (χ0n) is 11.1. The van der Waals surface area contributed by atoms with E-state index in [4.69, 9.17) is 4.43 Å². The molecule has 0 heterocycles. The quantitative estimate of drug-likeness (QED) is 0.521. The van der Waals surface area contributed by atoms with Crippen molar-refractivity contribution in [2.24, 2.45) is 0 Å². The van der Waals surface area contributed by atoms with Crippen LogP contribution in [-0.2, 0) is 9.84 Å². The number of benzene rings is 1. The third-order valence-electron chi connectivity index (χ3n) is 2.50. The fourth-order valence-corrected chi connectivity index (χ4v) is 4.70.